The quantitative estimate of drug-likeness (QED) is 0.439. The Morgan fingerprint density at radius 1 is 1.29 bits per heavy atom. The summed E-state index contributed by atoms with van der Waals surface area (Å²) in [6.45, 7) is 0. The molecule has 1 aliphatic rings. The van der Waals surface area contributed by atoms with E-state index < -0.39 is 5.91 Å². The van der Waals surface area contributed by atoms with Crippen molar-refractivity contribution >= 4 is 11.4 Å². The van der Waals surface area contributed by atoms with Gasteiger partial charge in [-0.05, 0) is 18.2 Å². The molecule has 6 nitrogen and oxygen atoms in total. The van der Waals surface area contributed by atoms with Crippen LogP contribution in [0.25, 0.3) is 5.69 Å². The van der Waals surface area contributed by atoms with E-state index in [-0.39, 0.29) is 5.69 Å². The molecular formula is C11H12N4O2. The summed E-state index contributed by atoms with van der Waals surface area (Å²) in [7, 11) is 1.58. The van der Waals surface area contributed by atoms with Gasteiger partial charge in [-0.1, -0.05) is 6.07 Å². The number of rotatable bonds is 0. The Bertz CT molecular complexity index is 591. The third kappa shape index (κ3) is 1.13. The van der Waals surface area contributed by atoms with Crippen molar-refractivity contribution in [3.63, 3.8) is 0 Å². The van der Waals surface area contributed by atoms with Crippen LogP contribution in [0.1, 0.15) is 5.69 Å². The minimum atomic E-state index is -2.11. The number of benzene rings is 1. The second-order valence-corrected chi connectivity index (χ2v) is 4.04. The minimum Gasteiger partial charge on any atom is -0.397 e. The molecule has 0 bridgehead atoms. The zero-order chi connectivity index (χ0) is 12.2. The maximum absolute atomic E-state index is 10.1. The van der Waals surface area contributed by atoms with Crippen LogP contribution in [0.2, 0.25) is 0 Å². The lowest BCUT2D eigenvalue weighted by Crippen LogP contribution is -2.48. The normalized spacial score (nSPS) is 16.5. The lowest BCUT2D eigenvalue weighted by molar-refractivity contribution is -0.172. The molecule has 0 atom stereocenters. The molecule has 17 heavy (non-hydrogen) atoms. The average molecular weight is 232 g/mol. The fourth-order valence-corrected chi connectivity index (χ4v) is 2.16. The molecule has 4 N–H and O–H groups in total. The first kappa shape index (κ1) is 10.1. The molecule has 0 spiro atoms. The van der Waals surface area contributed by atoms with Crippen molar-refractivity contribution in [3.8, 4) is 5.69 Å². The largest absolute Gasteiger partial charge is 0.397 e. The van der Waals surface area contributed by atoms with Gasteiger partial charge in [0.25, 0.3) is 5.91 Å². The number of fused-ring (bicyclic) bond motifs is 3. The highest BCUT2D eigenvalue weighted by Crippen LogP contribution is 2.41. The van der Waals surface area contributed by atoms with Gasteiger partial charge in [0, 0.05) is 13.2 Å². The molecular weight excluding hydrogens is 220 g/mol. The second kappa shape index (κ2) is 2.99. The van der Waals surface area contributed by atoms with Crippen LogP contribution in [0.5, 0.6) is 0 Å². The van der Waals surface area contributed by atoms with Crippen molar-refractivity contribution < 1.29 is 10.2 Å². The molecule has 1 aliphatic heterocycles. The minimum absolute atomic E-state index is 0.290. The molecule has 0 saturated carbocycles. The van der Waals surface area contributed by atoms with Crippen molar-refractivity contribution in [1.29, 1.82) is 0 Å². The highest BCUT2D eigenvalue weighted by Gasteiger charge is 2.41. The van der Waals surface area contributed by atoms with Crippen molar-refractivity contribution in [2.75, 3.05) is 17.7 Å². The maximum atomic E-state index is 10.1. The smallest absolute Gasteiger partial charge is 0.293 e. The van der Waals surface area contributed by atoms with E-state index in [9.17, 15) is 10.2 Å². The maximum Gasteiger partial charge on any atom is 0.293 e. The summed E-state index contributed by atoms with van der Waals surface area (Å²) < 4.78 is 1.48. The summed E-state index contributed by atoms with van der Waals surface area (Å²) in [5.74, 6) is -2.11. The van der Waals surface area contributed by atoms with Gasteiger partial charge < -0.3 is 20.8 Å². The number of hydrogen-bond acceptors (Lipinski definition) is 5. The van der Waals surface area contributed by atoms with Crippen LogP contribution in [-0.4, -0.2) is 27.0 Å². The zero-order valence-electron chi connectivity index (χ0n) is 9.20. The van der Waals surface area contributed by atoms with Gasteiger partial charge in [0.1, 0.15) is 5.69 Å². The fourth-order valence-electron chi connectivity index (χ4n) is 2.16. The predicted octanol–water partition coefficient (Wildman–Crippen LogP) is -0.000800. The van der Waals surface area contributed by atoms with Gasteiger partial charge in [-0.2, -0.15) is 5.10 Å². The van der Waals surface area contributed by atoms with Crippen LogP contribution in [0, 0.1) is 0 Å². The Morgan fingerprint density at radius 3 is 2.82 bits per heavy atom. The molecule has 0 aliphatic carbocycles. The van der Waals surface area contributed by atoms with Crippen LogP contribution < -0.4 is 10.6 Å². The number of aromatic nitrogens is 2. The van der Waals surface area contributed by atoms with Crippen LogP contribution >= 0.6 is 0 Å². The van der Waals surface area contributed by atoms with E-state index in [1.54, 1.807) is 25.2 Å². The van der Waals surface area contributed by atoms with Crippen LogP contribution in [0.15, 0.2) is 30.5 Å². The Balaban J connectivity index is 2.39. The standard InChI is InChI=1S/C11H12N4O2/c1-14-10-7(12)3-2-4-8(10)15-9(5-6-13-15)11(14,16)17/h2-6,16-17H,12H2,1H3. The number of nitrogen functional groups attached to an aromatic ring is 1. The first-order chi connectivity index (χ1) is 8.03. The molecule has 6 heteroatoms. The van der Waals surface area contributed by atoms with E-state index in [0.29, 0.717) is 11.4 Å². The van der Waals surface area contributed by atoms with Crippen molar-refractivity contribution in [2.45, 2.75) is 5.91 Å². The summed E-state index contributed by atoms with van der Waals surface area (Å²) in [6, 6.07) is 6.89. The Labute approximate surface area is 97.5 Å². The molecule has 88 valence electrons. The zero-order valence-corrected chi connectivity index (χ0v) is 9.20. The molecule has 2 aromatic rings. The van der Waals surface area contributed by atoms with Crippen molar-refractivity contribution in [2.24, 2.45) is 0 Å². The molecule has 0 saturated heterocycles. The lowest BCUT2D eigenvalue weighted by atomic mass is 10.1. The summed E-state index contributed by atoms with van der Waals surface area (Å²) in [4.78, 5) is 1.33. The van der Waals surface area contributed by atoms with Gasteiger partial charge in [-0.25, -0.2) is 4.68 Å². The van der Waals surface area contributed by atoms with Crippen LogP contribution in [0.3, 0.4) is 0 Å². The topological polar surface area (TPSA) is 87.5 Å². The van der Waals surface area contributed by atoms with E-state index in [1.807, 2.05) is 6.07 Å². The molecule has 0 radical (unpaired) electrons. The fraction of sp³-hybridized carbons (Fsp3) is 0.182. The van der Waals surface area contributed by atoms with Gasteiger partial charge in [0.15, 0.2) is 0 Å². The highest BCUT2D eigenvalue weighted by molar-refractivity contribution is 5.79. The molecule has 0 amide bonds. The monoisotopic (exact) mass is 232 g/mol. The summed E-state index contributed by atoms with van der Waals surface area (Å²) in [6.07, 6.45) is 1.52. The number of nitrogens with two attached hydrogens (primary N) is 1. The van der Waals surface area contributed by atoms with Crippen LogP contribution in [-0.2, 0) is 5.91 Å². The number of para-hydroxylation sites is 1. The van der Waals surface area contributed by atoms with E-state index in [2.05, 4.69) is 5.10 Å². The molecule has 1 aromatic heterocycles. The van der Waals surface area contributed by atoms with Crippen molar-refractivity contribution in [3.05, 3.63) is 36.2 Å². The molecule has 0 fully saturated rings. The van der Waals surface area contributed by atoms with Gasteiger partial charge in [0.2, 0.25) is 0 Å². The number of anilines is 2. The van der Waals surface area contributed by atoms with Gasteiger partial charge in [0.05, 0.1) is 17.1 Å². The average Bonchev–Trinajstić information content (AvgIpc) is 2.76. The first-order valence-corrected chi connectivity index (χ1v) is 5.15. The molecule has 3 rings (SSSR count). The van der Waals surface area contributed by atoms with E-state index in [1.165, 1.54) is 15.8 Å². The van der Waals surface area contributed by atoms with Gasteiger partial charge in [-0.15, -0.1) is 0 Å². The predicted molar refractivity (Wildman–Crippen MR) is 62.5 cm³/mol. The van der Waals surface area contributed by atoms with Gasteiger partial charge in [-0.3, -0.25) is 0 Å². The molecule has 2 heterocycles. The number of hydrogen-bond donors (Lipinski definition) is 3. The van der Waals surface area contributed by atoms with Gasteiger partial charge >= 0.3 is 0 Å². The van der Waals surface area contributed by atoms with E-state index in [4.69, 9.17) is 5.73 Å². The Kier molecular flexibility index (Phi) is 1.78. The van der Waals surface area contributed by atoms with E-state index in [0.717, 1.165) is 5.69 Å². The third-order valence-electron chi connectivity index (χ3n) is 3.06. The second-order valence-electron chi connectivity index (χ2n) is 4.04. The van der Waals surface area contributed by atoms with Crippen molar-refractivity contribution in [1.82, 2.24) is 9.78 Å². The highest BCUT2D eigenvalue weighted by atomic mass is 16.5. The lowest BCUT2D eigenvalue weighted by Gasteiger charge is -2.39. The van der Waals surface area contributed by atoms with E-state index >= 15 is 0 Å². The Hall–Kier alpha value is -2.05. The Morgan fingerprint density at radius 2 is 2.06 bits per heavy atom. The summed E-state index contributed by atoms with van der Waals surface area (Å²) in [5, 5.41) is 24.3. The first-order valence-electron chi connectivity index (χ1n) is 5.15. The number of aliphatic hydroxyl groups is 2. The summed E-state index contributed by atoms with van der Waals surface area (Å²) >= 11 is 0. The number of nitrogens with zero attached hydrogens (tertiary/aromatic N) is 3. The van der Waals surface area contributed by atoms with Crippen LogP contribution in [0.4, 0.5) is 11.4 Å². The summed E-state index contributed by atoms with van der Waals surface area (Å²) in [5.41, 5.74) is 7.91. The molecule has 0 unspecified atom stereocenters. The molecule has 1 aromatic carbocycles. The SMILES string of the molecule is CN1c2c(N)cccc2-n2nccc2C1(O)O. The third-order valence-corrected chi connectivity index (χ3v) is 3.06.